The maximum atomic E-state index is 12.8. The van der Waals surface area contributed by atoms with Crippen molar-refractivity contribution in [2.45, 2.75) is 32.6 Å². The Balaban J connectivity index is 2.39. The quantitative estimate of drug-likeness (QED) is 0.715. The topological polar surface area (TPSA) is 17.1 Å². The molecule has 0 bridgehead atoms. The Morgan fingerprint density at radius 1 is 1.33 bits per heavy atom. The zero-order valence-electron chi connectivity index (χ0n) is 11.0. The van der Waals surface area contributed by atoms with Crippen LogP contribution in [-0.4, -0.2) is 5.78 Å². The van der Waals surface area contributed by atoms with Crippen LogP contribution in [-0.2, 0) is 6.42 Å². The Hall–Kier alpha value is -1.63. The van der Waals surface area contributed by atoms with Crippen LogP contribution in [0.15, 0.2) is 49.1 Å². The number of fused-ring (bicyclic) bond motifs is 1. The molecule has 18 heavy (non-hydrogen) atoms. The molecule has 0 spiro atoms. The first kappa shape index (κ1) is 12.8. The van der Waals surface area contributed by atoms with Gasteiger partial charge in [0.25, 0.3) is 0 Å². The second kappa shape index (κ2) is 5.34. The van der Waals surface area contributed by atoms with Gasteiger partial charge in [0.15, 0.2) is 5.78 Å². The van der Waals surface area contributed by atoms with Crippen LogP contribution in [0.5, 0.6) is 0 Å². The predicted octanol–water partition coefficient (Wildman–Crippen LogP) is 4.34. The molecule has 1 aliphatic carbocycles. The number of hydrogen-bond donors (Lipinski definition) is 0. The number of benzene rings is 1. The first-order chi connectivity index (χ1) is 8.73. The Bertz CT molecular complexity index is 484. The van der Waals surface area contributed by atoms with E-state index in [0.717, 1.165) is 31.2 Å². The van der Waals surface area contributed by atoms with E-state index >= 15 is 0 Å². The van der Waals surface area contributed by atoms with E-state index in [4.69, 9.17) is 0 Å². The van der Waals surface area contributed by atoms with Crippen molar-refractivity contribution in [2.75, 3.05) is 0 Å². The second-order valence-corrected chi connectivity index (χ2v) is 5.03. The summed E-state index contributed by atoms with van der Waals surface area (Å²) in [7, 11) is 0. The summed E-state index contributed by atoms with van der Waals surface area (Å²) in [5.41, 5.74) is 1.85. The summed E-state index contributed by atoms with van der Waals surface area (Å²) in [6.45, 7) is 5.82. The number of aryl methyl sites for hydroxylation is 1. The van der Waals surface area contributed by atoms with E-state index in [1.54, 1.807) is 0 Å². The molecule has 0 fully saturated rings. The monoisotopic (exact) mass is 240 g/mol. The fourth-order valence-corrected chi connectivity index (χ4v) is 2.83. The number of hydrogen-bond acceptors (Lipinski definition) is 1. The Labute approximate surface area is 109 Å². The number of ketones is 1. The normalized spacial score (nSPS) is 23.1. The standard InChI is InChI=1S/C17H20O/c1-3-5-12-17(11-4-2)13-10-14-8-6-7-9-15(14)16(17)18/h3-9H,2,10-13H2,1H3/b5-3+/t17-/m0/s1. The van der Waals surface area contributed by atoms with Gasteiger partial charge in [0.05, 0.1) is 0 Å². The van der Waals surface area contributed by atoms with Crippen LogP contribution in [0.3, 0.4) is 0 Å². The summed E-state index contributed by atoms with van der Waals surface area (Å²) >= 11 is 0. The van der Waals surface area contributed by atoms with Crippen LogP contribution < -0.4 is 0 Å². The molecule has 1 aromatic rings. The van der Waals surface area contributed by atoms with Gasteiger partial charge in [-0.3, -0.25) is 4.79 Å². The zero-order chi connectivity index (χ0) is 13.0. The lowest BCUT2D eigenvalue weighted by Crippen LogP contribution is -2.35. The second-order valence-electron chi connectivity index (χ2n) is 5.03. The van der Waals surface area contributed by atoms with Gasteiger partial charge in [0.1, 0.15) is 0 Å². The number of Topliss-reactive ketones (excluding diaryl/α,β-unsaturated/α-hetero) is 1. The summed E-state index contributed by atoms with van der Waals surface area (Å²) < 4.78 is 0. The maximum absolute atomic E-state index is 12.8. The maximum Gasteiger partial charge on any atom is 0.169 e. The van der Waals surface area contributed by atoms with E-state index < -0.39 is 0 Å². The SMILES string of the molecule is C=CC[C@]1(C/C=C/C)CCc2ccccc2C1=O. The molecule has 0 saturated heterocycles. The molecule has 0 heterocycles. The zero-order valence-corrected chi connectivity index (χ0v) is 11.0. The smallest absolute Gasteiger partial charge is 0.169 e. The van der Waals surface area contributed by atoms with Crippen molar-refractivity contribution in [2.24, 2.45) is 5.41 Å². The third kappa shape index (κ3) is 2.17. The highest BCUT2D eigenvalue weighted by atomic mass is 16.1. The molecule has 1 atom stereocenters. The number of carbonyl (C=O) groups excluding carboxylic acids is 1. The Kier molecular flexibility index (Phi) is 3.81. The van der Waals surface area contributed by atoms with Gasteiger partial charge in [-0.25, -0.2) is 0 Å². The first-order valence-corrected chi connectivity index (χ1v) is 6.58. The molecule has 1 nitrogen and oxygen atoms in total. The molecule has 0 N–H and O–H groups in total. The molecule has 0 radical (unpaired) electrons. The summed E-state index contributed by atoms with van der Waals surface area (Å²) in [5, 5.41) is 0. The van der Waals surface area contributed by atoms with E-state index in [9.17, 15) is 4.79 Å². The number of carbonyl (C=O) groups is 1. The van der Waals surface area contributed by atoms with Crippen molar-refractivity contribution >= 4 is 5.78 Å². The van der Waals surface area contributed by atoms with Crippen molar-refractivity contribution in [1.82, 2.24) is 0 Å². The van der Waals surface area contributed by atoms with E-state index in [2.05, 4.69) is 18.7 Å². The van der Waals surface area contributed by atoms with Crippen molar-refractivity contribution in [1.29, 1.82) is 0 Å². The van der Waals surface area contributed by atoms with Gasteiger partial charge in [-0.15, -0.1) is 6.58 Å². The summed E-state index contributed by atoms with van der Waals surface area (Å²) in [5.74, 6) is 0.294. The lowest BCUT2D eigenvalue weighted by Gasteiger charge is -2.35. The predicted molar refractivity (Wildman–Crippen MR) is 75.8 cm³/mol. The fraction of sp³-hybridized carbons (Fsp3) is 0.353. The number of allylic oxidation sites excluding steroid dienone is 3. The van der Waals surface area contributed by atoms with E-state index in [1.807, 2.05) is 37.3 Å². The molecule has 1 aromatic carbocycles. The van der Waals surface area contributed by atoms with Crippen LogP contribution in [0.2, 0.25) is 0 Å². The molecular formula is C17H20O. The molecule has 0 aliphatic heterocycles. The van der Waals surface area contributed by atoms with E-state index in [-0.39, 0.29) is 5.41 Å². The third-order valence-corrected chi connectivity index (χ3v) is 3.90. The average Bonchev–Trinajstić information content (AvgIpc) is 2.41. The minimum Gasteiger partial charge on any atom is -0.294 e. The fourth-order valence-electron chi connectivity index (χ4n) is 2.83. The third-order valence-electron chi connectivity index (χ3n) is 3.90. The van der Waals surface area contributed by atoms with Gasteiger partial charge in [-0.2, -0.15) is 0 Å². The van der Waals surface area contributed by atoms with Crippen LogP contribution in [0.25, 0.3) is 0 Å². The van der Waals surface area contributed by atoms with Gasteiger partial charge < -0.3 is 0 Å². The lowest BCUT2D eigenvalue weighted by atomic mass is 9.66. The molecule has 0 aromatic heterocycles. The minimum absolute atomic E-state index is 0.261. The van der Waals surface area contributed by atoms with E-state index in [1.165, 1.54) is 5.56 Å². The number of rotatable bonds is 4. The van der Waals surface area contributed by atoms with Gasteiger partial charge in [-0.05, 0) is 38.2 Å². The molecule has 0 amide bonds. The summed E-state index contributed by atoms with van der Waals surface area (Å²) in [4.78, 5) is 12.8. The largest absolute Gasteiger partial charge is 0.294 e. The Morgan fingerprint density at radius 2 is 2.11 bits per heavy atom. The highest BCUT2D eigenvalue weighted by Gasteiger charge is 2.40. The molecule has 2 rings (SSSR count). The van der Waals surface area contributed by atoms with Gasteiger partial charge in [0, 0.05) is 11.0 Å². The van der Waals surface area contributed by atoms with Crippen LogP contribution in [0.4, 0.5) is 0 Å². The first-order valence-electron chi connectivity index (χ1n) is 6.58. The highest BCUT2D eigenvalue weighted by Crippen LogP contribution is 2.41. The molecule has 0 unspecified atom stereocenters. The molecular weight excluding hydrogens is 220 g/mol. The summed E-state index contributed by atoms with van der Waals surface area (Å²) in [6.07, 6.45) is 9.53. The molecule has 94 valence electrons. The van der Waals surface area contributed by atoms with Crippen molar-refractivity contribution in [3.8, 4) is 0 Å². The Morgan fingerprint density at radius 3 is 2.83 bits per heavy atom. The molecule has 0 saturated carbocycles. The van der Waals surface area contributed by atoms with Crippen molar-refractivity contribution in [3.05, 3.63) is 60.2 Å². The minimum atomic E-state index is -0.261. The van der Waals surface area contributed by atoms with Gasteiger partial charge >= 0.3 is 0 Å². The van der Waals surface area contributed by atoms with Crippen LogP contribution in [0, 0.1) is 5.41 Å². The molecule has 1 heteroatoms. The summed E-state index contributed by atoms with van der Waals surface area (Å²) in [6, 6.07) is 8.00. The lowest BCUT2D eigenvalue weighted by molar-refractivity contribution is 0.0763. The average molecular weight is 240 g/mol. The highest BCUT2D eigenvalue weighted by molar-refractivity contribution is 6.03. The van der Waals surface area contributed by atoms with Crippen molar-refractivity contribution < 1.29 is 4.79 Å². The van der Waals surface area contributed by atoms with Gasteiger partial charge in [0.2, 0.25) is 0 Å². The van der Waals surface area contributed by atoms with Gasteiger partial charge in [-0.1, -0.05) is 42.5 Å². The van der Waals surface area contributed by atoms with Crippen molar-refractivity contribution in [3.63, 3.8) is 0 Å². The van der Waals surface area contributed by atoms with E-state index in [0.29, 0.717) is 5.78 Å². The van der Waals surface area contributed by atoms with Crippen LogP contribution in [0.1, 0.15) is 42.1 Å². The van der Waals surface area contributed by atoms with Crippen LogP contribution >= 0.6 is 0 Å². The molecule has 1 aliphatic rings.